The molecule has 0 saturated heterocycles. The third-order valence-corrected chi connectivity index (χ3v) is 2.28. The molecule has 0 heterocycles. The molecule has 4 nitrogen and oxygen atoms in total. The van der Waals surface area contributed by atoms with E-state index in [0.717, 1.165) is 5.56 Å². The quantitative estimate of drug-likeness (QED) is 0.686. The van der Waals surface area contributed by atoms with Crippen molar-refractivity contribution in [2.24, 2.45) is 0 Å². The van der Waals surface area contributed by atoms with Gasteiger partial charge in [-0.15, -0.1) is 0 Å². The van der Waals surface area contributed by atoms with Crippen LogP contribution in [0.4, 0.5) is 0 Å². The lowest BCUT2D eigenvalue weighted by molar-refractivity contribution is -0.138. The molecular formula is C11H14N2O2S. The summed E-state index contributed by atoms with van der Waals surface area (Å²) in [5, 5.41) is 14.6. The van der Waals surface area contributed by atoms with Crippen LogP contribution in [0.1, 0.15) is 12.5 Å². The maximum Gasteiger partial charge on any atom is 0.325 e. The Morgan fingerprint density at radius 2 is 2.06 bits per heavy atom. The summed E-state index contributed by atoms with van der Waals surface area (Å²) in [6.07, 6.45) is 0. The van der Waals surface area contributed by atoms with E-state index in [2.05, 4.69) is 10.6 Å². The zero-order valence-corrected chi connectivity index (χ0v) is 9.75. The van der Waals surface area contributed by atoms with Gasteiger partial charge in [0.25, 0.3) is 0 Å². The number of carbonyl (C=O) groups is 1. The van der Waals surface area contributed by atoms with Crippen LogP contribution in [-0.4, -0.2) is 22.2 Å². The molecule has 0 aliphatic rings. The van der Waals surface area contributed by atoms with Gasteiger partial charge in [0.15, 0.2) is 5.11 Å². The minimum Gasteiger partial charge on any atom is -0.480 e. The maximum atomic E-state index is 10.6. The fourth-order valence-corrected chi connectivity index (χ4v) is 1.34. The second-order valence-corrected chi connectivity index (χ2v) is 3.78. The Labute approximate surface area is 99.7 Å². The van der Waals surface area contributed by atoms with Gasteiger partial charge in [-0.1, -0.05) is 30.3 Å². The smallest absolute Gasteiger partial charge is 0.325 e. The lowest BCUT2D eigenvalue weighted by Crippen LogP contribution is -2.43. The summed E-state index contributed by atoms with van der Waals surface area (Å²) in [5.41, 5.74) is 1.09. The number of aliphatic carboxylic acids is 1. The van der Waals surface area contributed by atoms with Gasteiger partial charge in [0.05, 0.1) is 0 Å². The molecule has 1 atom stereocenters. The Kier molecular flexibility index (Phi) is 4.72. The largest absolute Gasteiger partial charge is 0.480 e. The number of carboxylic acid groups (broad SMARTS) is 1. The van der Waals surface area contributed by atoms with Gasteiger partial charge >= 0.3 is 5.97 Å². The van der Waals surface area contributed by atoms with Crippen LogP contribution in [0.3, 0.4) is 0 Å². The van der Waals surface area contributed by atoms with Crippen LogP contribution < -0.4 is 10.6 Å². The zero-order valence-electron chi connectivity index (χ0n) is 8.93. The molecule has 0 aliphatic carbocycles. The Hall–Kier alpha value is -1.62. The van der Waals surface area contributed by atoms with E-state index in [0.29, 0.717) is 11.7 Å². The highest BCUT2D eigenvalue weighted by Gasteiger charge is 2.10. The Morgan fingerprint density at radius 1 is 1.44 bits per heavy atom. The number of rotatable bonds is 4. The van der Waals surface area contributed by atoms with Gasteiger partial charge in [0.1, 0.15) is 6.04 Å². The highest BCUT2D eigenvalue weighted by Crippen LogP contribution is 1.96. The fraction of sp³-hybridized carbons (Fsp3) is 0.273. The maximum absolute atomic E-state index is 10.6. The van der Waals surface area contributed by atoms with Crippen LogP contribution in [0, 0.1) is 0 Å². The topological polar surface area (TPSA) is 61.4 Å². The number of benzene rings is 1. The lowest BCUT2D eigenvalue weighted by atomic mass is 10.2. The summed E-state index contributed by atoms with van der Waals surface area (Å²) < 4.78 is 0. The highest BCUT2D eigenvalue weighted by molar-refractivity contribution is 7.80. The summed E-state index contributed by atoms with van der Waals surface area (Å²) in [6.45, 7) is 2.12. The van der Waals surface area contributed by atoms with Gasteiger partial charge in [-0.2, -0.15) is 0 Å². The van der Waals surface area contributed by atoms with Crippen LogP contribution in [-0.2, 0) is 11.3 Å². The van der Waals surface area contributed by atoms with E-state index >= 15 is 0 Å². The van der Waals surface area contributed by atoms with Crippen molar-refractivity contribution < 1.29 is 9.90 Å². The average molecular weight is 238 g/mol. The third-order valence-electron chi connectivity index (χ3n) is 2.01. The van der Waals surface area contributed by atoms with E-state index < -0.39 is 12.0 Å². The van der Waals surface area contributed by atoms with Crippen molar-refractivity contribution in [2.45, 2.75) is 19.5 Å². The van der Waals surface area contributed by atoms with Crippen molar-refractivity contribution >= 4 is 23.3 Å². The van der Waals surface area contributed by atoms with Gasteiger partial charge in [-0.25, -0.2) is 0 Å². The van der Waals surface area contributed by atoms with E-state index in [-0.39, 0.29) is 0 Å². The molecule has 0 bridgehead atoms. The molecule has 1 aromatic rings. The van der Waals surface area contributed by atoms with Crippen LogP contribution in [0.15, 0.2) is 30.3 Å². The molecule has 0 spiro atoms. The number of carboxylic acids is 1. The van der Waals surface area contributed by atoms with Gasteiger partial charge in [-0.3, -0.25) is 4.79 Å². The zero-order chi connectivity index (χ0) is 12.0. The minimum atomic E-state index is -0.927. The van der Waals surface area contributed by atoms with Gasteiger partial charge in [0.2, 0.25) is 0 Å². The van der Waals surface area contributed by atoms with Crippen molar-refractivity contribution in [1.82, 2.24) is 10.6 Å². The number of nitrogens with one attached hydrogen (secondary N) is 2. The average Bonchev–Trinajstić information content (AvgIpc) is 2.27. The molecule has 0 radical (unpaired) electrons. The number of thiocarbonyl (C=S) groups is 1. The Morgan fingerprint density at radius 3 is 2.62 bits per heavy atom. The molecule has 16 heavy (non-hydrogen) atoms. The molecule has 86 valence electrons. The monoisotopic (exact) mass is 238 g/mol. The van der Waals surface area contributed by atoms with Crippen LogP contribution in [0.5, 0.6) is 0 Å². The second kappa shape index (κ2) is 6.07. The molecule has 3 N–H and O–H groups in total. The molecule has 0 aliphatic heterocycles. The highest BCUT2D eigenvalue weighted by atomic mass is 32.1. The predicted molar refractivity (Wildman–Crippen MR) is 66.1 cm³/mol. The fourth-order valence-electron chi connectivity index (χ4n) is 1.09. The van der Waals surface area contributed by atoms with Gasteiger partial charge in [0, 0.05) is 6.54 Å². The lowest BCUT2D eigenvalue weighted by Gasteiger charge is -2.13. The number of hydrogen-bond donors (Lipinski definition) is 3. The molecule has 0 fully saturated rings. The van der Waals surface area contributed by atoms with E-state index in [9.17, 15) is 4.79 Å². The number of hydrogen-bond acceptors (Lipinski definition) is 2. The van der Waals surface area contributed by atoms with Crippen LogP contribution in [0.2, 0.25) is 0 Å². The molecule has 0 aromatic heterocycles. The first-order chi connectivity index (χ1) is 7.59. The van der Waals surface area contributed by atoms with Crippen molar-refractivity contribution in [1.29, 1.82) is 0 Å². The molecule has 0 amide bonds. The summed E-state index contributed by atoms with van der Waals surface area (Å²) in [5.74, 6) is -0.927. The molecule has 1 aromatic carbocycles. The first-order valence-corrected chi connectivity index (χ1v) is 5.31. The summed E-state index contributed by atoms with van der Waals surface area (Å²) in [4.78, 5) is 10.6. The van der Waals surface area contributed by atoms with Crippen molar-refractivity contribution in [3.05, 3.63) is 35.9 Å². The van der Waals surface area contributed by atoms with E-state index in [1.165, 1.54) is 0 Å². The van der Waals surface area contributed by atoms with E-state index in [4.69, 9.17) is 17.3 Å². The molecule has 0 unspecified atom stereocenters. The van der Waals surface area contributed by atoms with Crippen LogP contribution in [0.25, 0.3) is 0 Å². The molecule has 0 saturated carbocycles. The third kappa shape index (κ3) is 4.27. The summed E-state index contributed by atoms with van der Waals surface area (Å²) >= 11 is 4.96. The van der Waals surface area contributed by atoms with Gasteiger partial charge in [-0.05, 0) is 24.7 Å². The van der Waals surface area contributed by atoms with E-state index in [1.807, 2.05) is 30.3 Å². The Balaban J connectivity index is 2.33. The van der Waals surface area contributed by atoms with E-state index in [1.54, 1.807) is 6.92 Å². The second-order valence-electron chi connectivity index (χ2n) is 3.37. The van der Waals surface area contributed by atoms with Crippen molar-refractivity contribution in [2.75, 3.05) is 0 Å². The van der Waals surface area contributed by atoms with Gasteiger partial charge < -0.3 is 15.7 Å². The van der Waals surface area contributed by atoms with Crippen molar-refractivity contribution in [3.8, 4) is 0 Å². The first-order valence-electron chi connectivity index (χ1n) is 4.90. The molecule has 1 rings (SSSR count). The first kappa shape index (κ1) is 12.4. The summed E-state index contributed by atoms with van der Waals surface area (Å²) in [7, 11) is 0. The van der Waals surface area contributed by atoms with Crippen molar-refractivity contribution in [3.63, 3.8) is 0 Å². The minimum absolute atomic E-state index is 0.346. The SMILES string of the molecule is C[C@@H](NC(=S)NCc1ccccc1)C(=O)O. The molecular weight excluding hydrogens is 224 g/mol. The Bertz CT molecular complexity index is 368. The standard InChI is InChI=1S/C11H14N2O2S/c1-8(10(14)15)13-11(16)12-7-9-5-3-2-4-6-9/h2-6,8H,7H2,1H3,(H,14,15)(H2,12,13,16)/t8-/m1/s1. The molecule has 5 heteroatoms. The predicted octanol–water partition coefficient (Wildman–Crippen LogP) is 1.12. The van der Waals surface area contributed by atoms with Crippen LogP contribution >= 0.6 is 12.2 Å². The summed E-state index contributed by atoms with van der Waals surface area (Å²) in [6, 6.07) is 9.07. The normalized spacial score (nSPS) is 11.6.